The summed E-state index contributed by atoms with van der Waals surface area (Å²) in [6.07, 6.45) is 2.76. The predicted molar refractivity (Wildman–Crippen MR) is 71.4 cm³/mol. The summed E-state index contributed by atoms with van der Waals surface area (Å²) in [5.74, 6) is 0.880. The molecule has 2 fully saturated rings. The van der Waals surface area contributed by atoms with E-state index in [0.29, 0.717) is 0 Å². The van der Waals surface area contributed by atoms with Crippen molar-refractivity contribution < 1.29 is 0 Å². The largest absolute Gasteiger partial charge is 0.312 e. The molecule has 0 aliphatic carbocycles. The van der Waals surface area contributed by atoms with E-state index in [9.17, 15) is 0 Å². The molecule has 0 bridgehead atoms. The van der Waals surface area contributed by atoms with Crippen LogP contribution < -0.4 is 5.32 Å². The normalized spacial score (nSPS) is 29.5. The van der Waals surface area contributed by atoms with E-state index >= 15 is 0 Å². The fourth-order valence-electron chi connectivity index (χ4n) is 3.06. The van der Waals surface area contributed by atoms with Crippen LogP contribution in [0, 0.1) is 19.8 Å². The molecule has 3 rings (SSSR count). The van der Waals surface area contributed by atoms with E-state index in [4.69, 9.17) is 0 Å². The summed E-state index contributed by atoms with van der Waals surface area (Å²) < 4.78 is 0. The van der Waals surface area contributed by atoms with Crippen LogP contribution in [0.15, 0.2) is 0 Å². The molecule has 2 aliphatic rings. The van der Waals surface area contributed by atoms with Gasteiger partial charge in [-0.2, -0.15) is 0 Å². The lowest BCUT2D eigenvalue weighted by atomic mass is 9.94. The minimum atomic E-state index is 0.742. The summed E-state index contributed by atoms with van der Waals surface area (Å²) in [4.78, 5) is 8.59. The van der Waals surface area contributed by atoms with Gasteiger partial charge in [-0.3, -0.25) is 4.90 Å². The Labute approximate surface area is 107 Å². The molecule has 0 saturated carbocycles. The van der Waals surface area contributed by atoms with Crippen LogP contribution in [0.3, 0.4) is 0 Å². The first kappa shape index (κ1) is 11.6. The van der Waals surface area contributed by atoms with Gasteiger partial charge in [0.25, 0.3) is 0 Å². The zero-order valence-electron chi connectivity index (χ0n) is 10.7. The smallest absolute Gasteiger partial charge is 0.107 e. The summed E-state index contributed by atoms with van der Waals surface area (Å²) in [5, 5.41) is 4.95. The number of fused-ring (bicyclic) bond motifs is 1. The lowest BCUT2D eigenvalue weighted by Crippen LogP contribution is -2.40. The molecule has 0 spiro atoms. The van der Waals surface area contributed by atoms with Crippen LogP contribution in [0.25, 0.3) is 0 Å². The average Bonchev–Trinajstić information content (AvgIpc) is 2.83. The van der Waals surface area contributed by atoms with Crippen molar-refractivity contribution in [1.82, 2.24) is 15.2 Å². The maximum atomic E-state index is 4.65. The molecule has 2 unspecified atom stereocenters. The van der Waals surface area contributed by atoms with Gasteiger partial charge in [0.1, 0.15) is 5.01 Å². The molecule has 3 heterocycles. The molecular weight excluding hydrogens is 230 g/mol. The molecule has 2 aliphatic heterocycles. The van der Waals surface area contributed by atoms with Gasteiger partial charge < -0.3 is 5.32 Å². The first-order chi connectivity index (χ1) is 8.22. The number of aromatic nitrogens is 1. The second-order valence-electron chi connectivity index (χ2n) is 5.41. The lowest BCUT2D eigenvalue weighted by molar-refractivity contribution is 0.312. The van der Waals surface area contributed by atoms with Crippen molar-refractivity contribution in [3.8, 4) is 0 Å². The molecule has 2 saturated heterocycles. The molecule has 1 N–H and O–H groups in total. The maximum absolute atomic E-state index is 4.65. The Bertz CT molecular complexity index is 368. The van der Waals surface area contributed by atoms with E-state index in [1.807, 2.05) is 11.3 Å². The molecule has 4 heteroatoms. The molecule has 94 valence electrons. The third kappa shape index (κ3) is 2.39. The number of hydrogen-bond acceptors (Lipinski definition) is 4. The average molecular weight is 251 g/mol. The third-order valence-electron chi connectivity index (χ3n) is 4.11. The molecule has 1 aromatic heterocycles. The predicted octanol–water partition coefficient (Wildman–Crippen LogP) is 1.94. The maximum Gasteiger partial charge on any atom is 0.107 e. The van der Waals surface area contributed by atoms with Crippen LogP contribution in [-0.4, -0.2) is 35.6 Å². The molecule has 17 heavy (non-hydrogen) atoms. The Kier molecular flexibility index (Phi) is 3.19. The fourth-order valence-corrected chi connectivity index (χ4v) is 4.04. The summed E-state index contributed by atoms with van der Waals surface area (Å²) in [6.45, 7) is 9.01. The van der Waals surface area contributed by atoms with Gasteiger partial charge >= 0.3 is 0 Å². The molecule has 1 aromatic rings. The van der Waals surface area contributed by atoms with Gasteiger partial charge in [-0.1, -0.05) is 0 Å². The molecule has 3 nitrogen and oxygen atoms in total. The second-order valence-corrected chi connectivity index (χ2v) is 6.69. The number of hydrogen-bond donors (Lipinski definition) is 1. The number of aryl methyl sites for hydroxylation is 2. The van der Waals surface area contributed by atoms with Crippen LogP contribution in [0.2, 0.25) is 0 Å². The van der Waals surface area contributed by atoms with E-state index < -0.39 is 0 Å². The molecule has 2 atom stereocenters. The van der Waals surface area contributed by atoms with Crippen LogP contribution in [0.4, 0.5) is 0 Å². The Hall–Kier alpha value is -0.450. The standard InChI is InChI=1S/C13H21N3S/c1-9-10(2)17-13(15-9)8-16-6-11-4-3-5-14-12(11)7-16/h11-12,14H,3-8H2,1-2H3. The highest BCUT2D eigenvalue weighted by Crippen LogP contribution is 2.27. The Balaban J connectivity index is 1.63. The van der Waals surface area contributed by atoms with E-state index in [2.05, 4.69) is 29.0 Å². The summed E-state index contributed by atoms with van der Waals surface area (Å²) in [7, 11) is 0. The molecule has 0 radical (unpaired) electrons. The van der Waals surface area contributed by atoms with E-state index in [1.54, 1.807) is 0 Å². The Morgan fingerprint density at radius 1 is 1.41 bits per heavy atom. The number of likely N-dealkylation sites (tertiary alicyclic amines) is 1. The highest BCUT2D eigenvalue weighted by molar-refractivity contribution is 7.11. The van der Waals surface area contributed by atoms with Crippen molar-refractivity contribution in [2.75, 3.05) is 19.6 Å². The van der Waals surface area contributed by atoms with Gasteiger partial charge in [-0.05, 0) is 39.2 Å². The van der Waals surface area contributed by atoms with E-state index in [0.717, 1.165) is 18.5 Å². The van der Waals surface area contributed by atoms with Crippen LogP contribution in [0.5, 0.6) is 0 Å². The van der Waals surface area contributed by atoms with Crippen molar-refractivity contribution in [1.29, 1.82) is 0 Å². The Morgan fingerprint density at radius 2 is 2.29 bits per heavy atom. The van der Waals surface area contributed by atoms with Crippen LogP contribution in [0.1, 0.15) is 28.4 Å². The van der Waals surface area contributed by atoms with Crippen LogP contribution >= 0.6 is 11.3 Å². The van der Waals surface area contributed by atoms with Gasteiger partial charge in [0.2, 0.25) is 0 Å². The second kappa shape index (κ2) is 4.67. The van der Waals surface area contributed by atoms with Crippen LogP contribution in [-0.2, 0) is 6.54 Å². The molecular formula is C13H21N3S. The van der Waals surface area contributed by atoms with Crippen molar-refractivity contribution in [2.24, 2.45) is 5.92 Å². The number of nitrogens with zero attached hydrogens (tertiary/aromatic N) is 2. The van der Waals surface area contributed by atoms with E-state index in [-0.39, 0.29) is 0 Å². The Morgan fingerprint density at radius 3 is 3.00 bits per heavy atom. The number of piperidine rings is 1. The van der Waals surface area contributed by atoms with Crippen molar-refractivity contribution >= 4 is 11.3 Å². The first-order valence-corrected chi connectivity index (χ1v) is 7.42. The summed E-state index contributed by atoms with van der Waals surface area (Å²) in [5.41, 5.74) is 1.21. The fraction of sp³-hybridized carbons (Fsp3) is 0.769. The number of rotatable bonds is 2. The lowest BCUT2D eigenvalue weighted by Gasteiger charge is -2.24. The zero-order valence-corrected chi connectivity index (χ0v) is 11.5. The van der Waals surface area contributed by atoms with Crippen molar-refractivity contribution in [2.45, 2.75) is 39.3 Å². The first-order valence-electron chi connectivity index (χ1n) is 6.61. The quantitative estimate of drug-likeness (QED) is 0.871. The number of nitrogens with one attached hydrogen (secondary N) is 1. The SMILES string of the molecule is Cc1nc(CN2CC3CCCNC3C2)sc1C. The third-order valence-corrected chi connectivity index (χ3v) is 5.16. The minimum absolute atomic E-state index is 0.742. The highest BCUT2D eigenvalue weighted by Gasteiger charge is 2.34. The van der Waals surface area contributed by atoms with Gasteiger partial charge in [0.05, 0.1) is 12.2 Å². The van der Waals surface area contributed by atoms with E-state index in [1.165, 1.54) is 48.1 Å². The van der Waals surface area contributed by atoms with Gasteiger partial charge in [-0.25, -0.2) is 4.98 Å². The van der Waals surface area contributed by atoms with Crippen molar-refractivity contribution in [3.63, 3.8) is 0 Å². The number of thiazole rings is 1. The summed E-state index contributed by atoms with van der Waals surface area (Å²) in [6, 6.07) is 0.742. The van der Waals surface area contributed by atoms with Crippen molar-refractivity contribution in [3.05, 3.63) is 15.6 Å². The van der Waals surface area contributed by atoms with Gasteiger partial charge in [0, 0.05) is 24.0 Å². The molecule has 0 amide bonds. The zero-order chi connectivity index (χ0) is 11.8. The highest BCUT2D eigenvalue weighted by atomic mass is 32.1. The summed E-state index contributed by atoms with van der Waals surface area (Å²) >= 11 is 1.86. The minimum Gasteiger partial charge on any atom is -0.312 e. The van der Waals surface area contributed by atoms with Gasteiger partial charge in [-0.15, -0.1) is 11.3 Å². The molecule has 0 aromatic carbocycles. The monoisotopic (exact) mass is 251 g/mol. The van der Waals surface area contributed by atoms with Gasteiger partial charge in [0.15, 0.2) is 0 Å². The topological polar surface area (TPSA) is 28.2 Å².